The van der Waals surface area contributed by atoms with Crippen LogP contribution in [0.3, 0.4) is 0 Å². The van der Waals surface area contributed by atoms with Gasteiger partial charge in [0.15, 0.2) is 0 Å². The van der Waals surface area contributed by atoms with Crippen LogP contribution in [0.1, 0.15) is 96.8 Å². The minimum Gasteiger partial charge on any atom is -0.344 e. The van der Waals surface area contributed by atoms with Gasteiger partial charge in [0.25, 0.3) is 0 Å². The Morgan fingerprint density at radius 2 is 1.54 bits per heavy atom. The molecule has 0 fully saturated rings. The van der Waals surface area contributed by atoms with Gasteiger partial charge in [-0.05, 0) is 106 Å². The summed E-state index contributed by atoms with van der Waals surface area (Å²) in [6.45, 7) is 15.2. The van der Waals surface area contributed by atoms with Crippen molar-refractivity contribution in [3.05, 3.63) is 116 Å². The molecule has 0 bridgehead atoms. The highest BCUT2D eigenvalue weighted by Crippen LogP contribution is 2.49. The maximum absolute atomic E-state index is 2.62. The molecule has 1 aliphatic heterocycles. The van der Waals surface area contributed by atoms with Crippen LogP contribution in [0, 0.1) is 0 Å². The smallest absolute Gasteiger partial charge is 0.0450 e. The number of rotatable bonds is 7. The molecular weight excluding hydrogens is 585 g/mol. The van der Waals surface area contributed by atoms with E-state index in [0.717, 1.165) is 32.2 Å². The monoisotopic (exact) mass is 629 g/mol. The molecule has 0 atom stereocenters. The fraction of sp³-hybridized carbons (Fsp3) is 0.405. The summed E-state index contributed by atoms with van der Waals surface area (Å²) in [6.07, 6.45) is 16.7. The highest BCUT2D eigenvalue weighted by atomic mass is 127. The fourth-order valence-corrected chi connectivity index (χ4v) is 7.86. The van der Waals surface area contributed by atoms with Gasteiger partial charge in [0.1, 0.15) is 0 Å². The van der Waals surface area contributed by atoms with E-state index in [-0.39, 0.29) is 10.8 Å². The first-order chi connectivity index (χ1) is 18.7. The molecular formula is C37H44IN. The predicted octanol–water partition coefficient (Wildman–Crippen LogP) is 11.0. The van der Waals surface area contributed by atoms with Crippen molar-refractivity contribution in [2.45, 2.75) is 90.9 Å². The Bertz CT molecular complexity index is 1410. The van der Waals surface area contributed by atoms with Gasteiger partial charge in [0.2, 0.25) is 0 Å². The lowest BCUT2D eigenvalue weighted by atomic mass is 9.80. The maximum atomic E-state index is 2.62. The predicted molar refractivity (Wildman–Crippen MR) is 179 cm³/mol. The number of allylic oxidation sites excluding steroid dienone is 10. The van der Waals surface area contributed by atoms with Crippen molar-refractivity contribution < 1.29 is 0 Å². The van der Waals surface area contributed by atoms with Crippen LogP contribution < -0.4 is 4.90 Å². The van der Waals surface area contributed by atoms with Crippen LogP contribution in [-0.4, -0.2) is 6.54 Å². The normalized spacial score (nSPS) is 22.0. The first-order valence-corrected chi connectivity index (χ1v) is 16.0. The molecule has 0 saturated carbocycles. The molecule has 0 spiro atoms. The van der Waals surface area contributed by atoms with Crippen molar-refractivity contribution in [3.63, 3.8) is 0 Å². The molecule has 2 aromatic rings. The summed E-state index contributed by atoms with van der Waals surface area (Å²) in [5.74, 6) is 0. The highest BCUT2D eigenvalue weighted by molar-refractivity contribution is 14.1. The van der Waals surface area contributed by atoms with Crippen molar-refractivity contribution in [1.29, 1.82) is 0 Å². The molecule has 0 saturated heterocycles. The van der Waals surface area contributed by atoms with E-state index < -0.39 is 0 Å². The number of fused-ring (bicyclic) bond motifs is 2. The molecule has 3 aliphatic rings. The molecule has 1 heterocycles. The zero-order valence-corrected chi connectivity index (χ0v) is 26.9. The van der Waals surface area contributed by atoms with Gasteiger partial charge in [-0.3, -0.25) is 0 Å². The zero-order valence-electron chi connectivity index (χ0n) is 24.7. The summed E-state index contributed by atoms with van der Waals surface area (Å²) in [6, 6.07) is 18.0. The van der Waals surface area contributed by atoms with Crippen LogP contribution in [0.5, 0.6) is 0 Å². The second-order valence-electron chi connectivity index (χ2n) is 12.4. The zero-order chi connectivity index (χ0) is 27.8. The first-order valence-electron chi connectivity index (χ1n) is 14.9. The van der Waals surface area contributed by atoms with Crippen LogP contribution in [0.4, 0.5) is 5.69 Å². The van der Waals surface area contributed by atoms with Gasteiger partial charge in [0, 0.05) is 32.3 Å². The van der Waals surface area contributed by atoms with Gasteiger partial charge in [-0.1, -0.05) is 109 Å². The van der Waals surface area contributed by atoms with Crippen LogP contribution in [0.25, 0.3) is 5.57 Å². The third-order valence-corrected chi connectivity index (χ3v) is 10.4. The summed E-state index contributed by atoms with van der Waals surface area (Å²) in [5.41, 5.74) is 13.2. The Hall–Kier alpha value is -2.33. The lowest BCUT2D eigenvalue weighted by molar-refractivity contribution is 0.629. The van der Waals surface area contributed by atoms with Gasteiger partial charge in [-0.25, -0.2) is 0 Å². The third kappa shape index (κ3) is 5.03. The summed E-state index contributed by atoms with van der Waals surface area (Å²) < 4.78 is 1.44. The molecule has 1 nitrogen and oxygen atoms in total. The molecule has 2 aromatic carbocycles. The van der Waals surface area contributed by atoms with Gasteiger partial charge < -0.3 is 4.90 Å². The van der Waals surface area contributed by atoms with E-state index >= 15 is 0 Å². The highest BCUT2D eigenvalue weighted by Gasteiger charge is 2.39. The Balaban J connectivity index is 1.49. The molecule has 0 unspecified atom stereocenters. The van der Waals surface area contributed by atoms with E-state index in [1.807, 2.05) is 0 Å². The van der Waals surface area contributed by atoms with E-state index in [4.69, 9.17) is 0 Å². The van der Waals surface area contributed by atoms with Crippen LogP contribution in [0.15, 0.2) is 98.8 Å². The standard InChI is InChI=1S/C37H44IN/c1-7-14-28-29-17-9-10-18-30(29)36(3,4)31(28)23-21-26-15-13-16-27(35(26)38)22-24-34-37(5,6)32-19-11-12-20-33(32)39(34)25-8-2/h9-12,17-24H,7-8,13-16,25H2,1-6H3/b23-21+,27-22+,34-24+. The average molecular weight is 630 g/mol. The third-order valence-electron chi connectivity index (χ3n) is 9.02. The quantitative estimate of drug-likeness (QED) is 0.276. The number of anilines is 1. The minimum atomic E-state index is 0.0145. The fourth-order valence-electron chi connectivity index (χ4n) is 6.96. The Kier molecular flexibility index (Phi) is 8.15. The minimum absolute atomic E-state index is 0.0145. The lowest BCUT2D eigenvalue weighted by Crippen LogP contribution is -2.26. The molecule has 2 heteroatoms. The van der Waals surface area contributed by atoms with Gasteiger partial charge in [-0.2, -0.15) is 0 Å². The van der Waals surface area contributed by atoms with Crippen LogP contribution in [0.2, 0.25) is 0 Å². The number of halogens is 1. The van der Waals surface area contributed by atoms with Gasteiger partial charge >= 0.3 is 0 Å². The Labute approximate surface area is 250 Å². The van der Waals surface area contributed by atoms with Crippen LogP contribution in [-0.2, 0) is 10.8 Å². The van der Waals surface area contributed by atoms with E-state index in [1.54, 1.807) is 5.57 Å². The van der Waals surface area contributed by atoms with E-state index in [2.05, 4.69) is 142 Å². The number of nitrogens with zero attached hydrogens (tertiary/aromatic N) is 1. The topological polar surface area (TPSA) is 3.24 Å². The molecule has 2 aliphatic carbocycles. The summed E-state index contributed by atoms with van der Waals surface area (Å²) in [5, 5.41) is 0. The summed E-state index contributed by atoms with van der Waals surface area (Å²) in [4.78, 5) is 2.55. The van der Waals surface area contributed by atoms with E-state index in [0.29, 0.717) is 0 Å². The molecule has 5 rings (SSSR count). The van der Waals surface area contributed by atoms with Crippen LogP contribution >= 0.6 is 22.6 Å². The summed E-state index contributed by atoms with van der Waals surface area (Å²) >= 11 is 2.62. The second-order valence-corrected chi connectivity index (χ2v) is 13.5. The summed E-state index contributed by atoms with van der Waals surface area (Å²) in [7, 11) is 0. The average Bonchev–Trinajstić information content (AvgIpc) is 3.27. The first kappa shape index (κ1) is 28.2. The SMILES string of the molecule is CCCC1=C(/C=C/C2=C(I)C(=C/C=C3/N(CCC)c4ccccc4C3(C)C)/CCC2)C(C)(C)c2ccccc21. The van der Waals surface area contributed by atoms with Crippen molar-refractivity contribution in [3.8, 4) is 0 Å². The van der Waals surface area contributed by atoms with E-state index in [1.165, 1.54) is 61.2 Å². The number of hydrogen-bond acceptors (Lipinski definition) is 1. The molecule has 0 N–H and O–H groups in total. The maximum Gasteiger partial charge on any atom is 0.0450 e. The van der Waals surface area contributed by atoms with Crippen molar-refractivity contribution in [2.24, 2.45) is 0 Å². The molecule has 0 radical (unpaired) electrons. The molecule has 0 amide bonds. The van der Waals surface area contributed by atoms with Crippen molar-refractivity contribution in [1.82, 2.24) is 0 Å². The van der Waals surface area contributed by atoms with Crippen molar-refractivity contribution in [2.75, 3.05) is 11.4 Å². The Morgan fingerprint density at radius 1 is 0.821 bits per heavy atom. The second kappa shape index (κ2) is 11.3. The molecule has 0 aromatic heterocycles. The Morgan fingerprint density at radius 3 is 2.28 bits per heavy atom. The lowest BCUT2D eigenvalue weighted by Gasteiger charge is -2.27. The molecule has 39 heavy (non-hydrogen) atoms. The largest absolute Gasteiger partial charge is 0.344 e. The van der Waals surface area contributed by atoms with Gasteiger partial charge in [-0.15, -0.1) is 0 Å². The van der Waals surface area contributed by atoms with Crippen molar-refractivity contribution >= 4 is 33.9 Å². The van der Waals surface area contributed by atoms with Gasteiger partial charge in [0.05, 0.1) is 0 Å². The molecule has 204 valence electrons. The number of para-hydroxylation sites is 1. The number of benzene rings is 2. The van der Waals surface area contributed by atoms with E-state index in [9.17, 15) is 0 Å². The number of hydrogen-bond donors (Lipinski definition) is 0.